The fraction of sp³-hybridized carbons (Fsp3) is 0.125. The van der Waals surface area contributed by atoms with E-state index in [1.54, 1.807) is 7.11 Å². The summed E-state index contributed by atoms with van der Waals surface area (Å²) in [6.45, 7) is 0. The van der Waals surface area contributed by atoms with Gasteiger partial charge in [-0.3, -0.25) is 0 Å². The van der Waals surface area contributed by atoms with E-state index in [0.717, 1.165) is 11.4 Å². The molecular formula is C8H10NO. The summed E-state index contributed by atoms with van der Waals surface area (Å²) in [5, 5.41) is 2.77. The van der Waals surface area contributed by atoms with Gasteiger partial charge in [0.2, 0.25) is 0 Å². The Morgan fingerprint density at radius 3 is 2.30 bits per heavy atom. The van der Waals surface area contributed by atoms with E-state index in [1.165, 1.54) is 0 Å². The smallest absolute Gasteiger partial charge is 0.119 e. The Kier molecular flexibility index (Phi) is 2.15. The quantitative estimate of drug-likeness (QED) is 0.670. The van der Waals surface area contributed by atoms with E-state index in [4.69, 9.17) is 4.74 Å². The monoisotopic (exact) mass is 136 g/mol. The third-order valence-electron chi connectivity index (χ3n) is 1.29. The highest BCUT2D eigenvalue weighted by Gasteiger charge is 1.88. The standard InChI is InChI=1S/C8H10NO/c1-9-7-3-5-8(10-2)6-4-7/h3-6,9H,1H2,2H3. The van der Waals surface area contributed by atoms with Crippen molar-refractivity contribution in [3.63, 3.8) is 0 Å². The van der Waals surface area contributed by atoms with E-state index >= 15 is 0 Å². The molecule has 0 atom stereocenters. The van der Waals surface area contributed by atoms with Crippen LogP contribution in [0.3, 0.4) is 0 Å². The van der Waals surface area contributed by atoms with Crippen LogP contribution in [0, 0.1) is 7.05 Å². The van der Waals surface area contributed by atoms with Crippen molar-refractivity contribution in [2.24, 2.45) is 0 Å². The van der Waals surface area contributed by atoms with Crippen molar-refractivity contribution in [2.45, 2.75) is 0 Å². The fourth-order valence-electron chi connectivity index (χ4n) is 0.709. The van der Waals surface area contributed by atoms with Crippen LogP contribution in [0.1, 0.15) is 0 Å². The van der Waals surface area contributed by atoms with Crippen molar-refractivity contribution in [2.75, 3.05) is 12.4 Å². The van der Waals surface area contributed by atoms with Gasteiger partial charge >= 0.3 is 0 Å². The molecule has 2 heteroatoms. The number of nitrogens with one attached hydrogen (secondary N) is 1. The Morgan fingerprint density at radius 2 is 1.90 bits per heavy atom. The first-order valence-corrected chi connectivity index (χ1v) is 3.04. The van der Waals surface area contributed by atoms with Gasteiger partial charge in [0.1, 0.15) is 5.75 Å². The molecule has 0 aliphatic heterocycles. The molecule has 10 heavy (non-hydrogen) atoms. The second-order valence-electron chi connectivity index (χ2n) is 1.91. The van der Waals surface area contributed by atoms with E-state index in [2.05, 4.69) is 12.4 Å². The molecule has 0 aromatic heterocycles. The van der Waals surface area contributed by atoms with Gasteiger partial charge in [-0.15, -0.1) is 0 Å². The molecule has 0 amide bonds. The molecule has 1 aromatic rings. The molecule has 0 saturated carbocycles. The zero-order valence-electron chi connectivity index (χ0n) is 5.92. The van der Waals surface area contributed by atoms with Crippen LogP contribution in [0.2, 0.25) is 0 Å². The zero-order valence-corrected chi connectivity index (χ0v) is 5.92. The lowest BCUT2D eigenvalue weighted by Gasteiger charge is -2.00. The van der Waals surface area contributed by atoms with E-state index in [9.17, 15) is 0 Å². The molecule has 1 rings (SSSR count). The van der Waals surface area contributed by atoms with Gasteiger partial charge in [-0.2, -0.15) is 0 Å². The number of hydrogen-bond acceptors (Lipinski definition) is 2. The molecule has 0 spiro atoms. The lowest BCUT2D eigenvalue weighted by molar-refractivity contribution is 0.415. The lowest BCUT2D eigenvalue weighted by atomic mass is 10.3. The molecule has 0 aliphatic carbocycles. The molecule has 1 aromatic carbocycles. The van der Waals surface area contributed by atoms with Crippen LogP contribution in [-0.4, -0.2) is 7.11 Å². The molecule has 0 unspecified atom stereocenters. The van der Waals surface area contributed by atoms with Gasteiger partial charge in [-0.25, -0.2) is 0 Å². The van der Waals surface area contributed by atoms with Gasteiger partial charge in [-0.05, 0) is 24.3 Å². The first-order chi connectivity index (χ1) is 4.86. The Balaban J connectivity index is 2.80. The van der Waals surface area contributed by atoms with Crippen LogP contribution in [0.15, 0.2) is 24.3 Å². The SMILES string of the molecule is [CH2]Nc1ccc(OC)cc1. The predicted molar refractivity (Wildman–Crippen MR) is 42.0 cm³/mol. The maximum Gasteiger partial charge on any atom is 0.119 e. The third-order valence-corrected chi connectivity index (χ3v) is 1.29. The number of anilines is 1. The summed E-state index contributed by atoms with van der Waals surface area (Å²) in [5.74, 6) is 0.860. The molecule has 2 nitrogen and oxygen atoms in total. The highest BCUT2D eigenvalue weighted by Crippen LogP contribution is 2.13. The average Bonchev–Trinajstić information content (AvgIpc) is 2.05. The van der Waals surface area contributed by atoms with Crippen LogP contribution in [0.5, 0.6) is 5.75 Å². The number of ether oxygens (including phenoxy) is 1. The molecule has 1 N–H and O–H groups in total. The van der Waals surface area contributed by atoms with Crippen molar-refractivity contribution in [1.29, 1.82) is 0 Å². The maximum atomic E-state index is 4.97. The topological polar surface area (TPSA) is 21.3 Å². The Bertz CT molecular complexity index is 170. The van der Waals surface area contributed by atoms with Crippen molar-refractivity contribution in [3.05, 3.63) is 31.3 Å². The zero-order chi connectivity index (χ0) is 7.40. The second-order valence-corrected chi connectivity index (χ2v) is 1.91. The van der Waals surface area contributed by atoms with Crippen LogP contribution >= 0.6 is 0 Å². The maximum absolute atomic E-state index is 4.97. The summed E-state index contributed by atoms with van der Waals surface area (Å²) < 4.78 is 4.97. The van der Waals surface area contributed by atoms with Gasteiger partial charge < -0.3 is 10.1 Å². The van der Waals surface area contributed by atoms with Crippen LogP contribution in [0.25, 0.3) is 0 Å². The van der Waals surface area contributed by atoms with E-state index < -0.39 is 0 Å². The summed E-state index contributed by atoms with van der Waals surface area (Å²) >= 11 is 0. The van der Waals surface area contributed by atoms with Crippen molar-refractivity contribution < 1.29 is 4.74 Å². The van der Waals surface area contributed by atoms with Gasteiger partial charge in [0.25, 0.3) is 0 Å². The van der Waals surface area contributed by atoms with Crippen LogP contribution in [-0.2, 0) is 0 Å². The van der Waals surface area contributed by atoms with Gasteiger partial charge in [0, 0.05) is 12.7 Å². The van der Waals surface area contributed by atoms with Crippen molar-refractivity contribution in [1.82, 2.24) is 0 Å². The summed E-state index contributed by atoms with van der Waals surface area (Å²) in [4.78, 5) is 0. The summed E-state index contributed by atoms with van der Waals surface area (Å²) in [6.07, 6.45) is 0. The highest BCUT2D eigenvalue weighted by molar-refractivity contribution is 5.46. The van der Waals surface area contributed by atoms with Gasteiger partial charge in [0.15, 0.2) is 0 Å². The molecule has 0 saturated heterocycles. The molecule has 1 radical (unpaired) electrons. The van der Waals surface area contributed by atoms with Crippen molar-refractivity contribution in [3.8, 4) is 5.75 Å². The second kappa shape index (κ2) is 3.11. The minimum atomic E-state index is 0.860. The molecule has 0 fully saturated rings. The average molecular weight is 136 g/mol. The van der Waals surface area contributed by atoms with Crippen LogP contribution < -0.4 is 10.1 Å². The summed E-state index contributed by atoms with van der Waals surface area (Å²) in [6, 6.07) is 7.58. The fourth-order valence-corrected chi connectivity index (χ4v) is 0.709. The number of rotatable bonds is 2. The minimum absolute atomic E-state index is 0.860. The minimum Gasteiger partial charge on any atom is -0.497 e. The molecule has 0 bridgehead atoms. The first kappa shape index (κ1) is 6.93. The van der Waals surface area contributed by atoms with E-state index in [-0.39, 0.29) is 0 Å². The molecular weight excluding hydrogens is 126 g/mol. The highest BCUT2D eigenvalue weighted by atomic mass is 16.5. The summed E-state index contributed by atoms with van der Waals surface area (Å²) in [5.41, 5.74) is 0.987. The third kappa shape index (κ3) is 1.41. The number of hydrogen-bond donors (Lipinski definition) is 1. The molecule has 0 aliphatic rings. The van der Waals surface area contributed by atoms with E-state index in [0.29, 0.717) is 0 Å². The Morgan fingerprint density at radius 1 is 1.30 bits per heavy atom. The number of benzene rings is 1. The van der Waals surface area contributed by atoms with Crippen LogP contribution in [0.4, 0.5) is 5.69 Å². The Hall–Kier alpha value is -1.18. The summed E-state index contributed by atoms with van der Waals surface area (Å²) in [7, 11) is 5.17. The van der Waals surface area contributed by atoms with Gasteiger partial charge in [-0.1, -0.05) is 0 Å². The molecule has 0 heterocycles. The Labute approximate surface area is 60.8 Å². The van der Waals surface area contributed by atoms with Crippen molar-refractivity contribution >= 4 is 5.69 Å². The lowest BCUT2D eigenvalue weighted by Crippen LogP contribution is -1.85. The van der Waals surface area contributed by atoms with E-state index in [1.807, 2.05) is 24.3 Å². The normalized spacial score (nSPS) is 9.00. The molecule has 53 valence electrons. The van der Waals surface area contributed by atoms with Gasteiger partial charge in [0.05, 0.1) is 7.11 Å². The first-order valence-electron chi connectivity index (χ1n) is 3.04. The largest absolute Gasteiger partial charge is 0.497 e. The number of methoxy groups -OCH3 is 1. The predicted octanol–water partition coefficient (Wildman–Crippen LogP) is 1.90.